The first kappa shape index (κ1) is 17.8. The maximum Gasteiger partial charge on any atom is 0.163 e. The Kier molecular flexibility index (Phi) is 6.09. The summed E-state index contributed by atoms with van der Waals surface area (Å²) in [5.41, 5.74) is 2.68. The summed E-state index contributed by atoms with van der Waals surface area (Å²) in [7, 11) is 1.64. The summed E-state index contributed by atoms with van der Waals surface area (Å²) in [5, 5.41) is 0. The molecule has 0 N–H and O–H groups in total. The Hall–Kier alpha value is -1.51. The first-order chi connectivity index (χ1) is 10.9. The Morgan fingerprint density at radius 2 is 1.65 bits per heavy atom. The predicted octanol–water partition coefficient (Wildman–Crippen LogP) is 5.31. The third kappa shape index (κ3) is 4.98. The van der Waals surface area contributed by atoms with E-state index in [1.165, 1.54) is 0 Å². The summed E-state index contributed by atoms with van der Waals surface area (Å²) in [5.74, 6) is 0.808. The second-order valence-electron chi connectivity index (χ2n) is 5.67. The van der Waals surface area contributed by atoms with Crippen LogP contribution in [0.2, 0.25) is 0 Å². The number of hydrogen-bond acceptors (Lipinski definition) is 2. The molecule has 2 aromatic rings. The summed E-state index contributed by atoms with van der Waals surface area (Å²) in [6.07, 6.45) is 0.473. The van der Waals surface area contributed by atoms with E-state index in [0.717, 1.165) is 16.9 Å². The first-order valence-corrected chi connectivity index (χ1v) is 8.32. The number of nitrogens with zero attached hydrogens (tertiary/aromatic N) is 1. The molecule has 0 aliphatic rings. The second-order valence-corrected chi connectivity index (χ2v) is 7.15. The van der Waals surface area contributed by atoms with E-state index in [4.69, 9.17) is 27.9 Å². The highest BCUT2D eigenvalue weighted by Crippen LogP contribution is 2.32. The summed E-state index contributed by atoms with van der Waals surface area (Å²) >= 11 is 13.4. The molecule has 0 unspecified atom stereocenters. The van der Waals surface area contributed by atoms with E-state index >= 15 is 0 Å². The van der Waals surface area contributed by atoms with E-state index in [0.29, 0.717) is 12.1 Å². The molecule has 0 heterocycles. The van der Waals surface area contributed by atoms with Crippen LogP contribution in [0.1, 0.15) is 25.0 Å². The molecular formula is C19H21Cl2NO. The van der Waals surface area contributed by atoms with E-state index in [-0.39, 0.29) is 6.04 Å². The monoisotopic (exact) mass is 349 g/mol. The number of aliphatic imine (C=N–C) groups is 1. The molecule has 0 spiro atoms. The van der Waals surface area contributed by atoms with Gasteiger partial charge in [-0.1, -0.05) is 65.7 Å². The fraction of sp³-hybridized carbons (Fsp3) is 0.316. The number of benzene rings is 2. The number of hydrogen-bond donors (Lipinski definition) is 0. The van der Waals surface area contributed by atoms with Crippen molar-refractivity contribution in [3.05, 3.63) is 65.7 Å². The molecule has 2 nitrogen and oxygen atoms in total. The van der Waals surface area contributed by atoms with Crippen LogP contribution in [0.3, 0.4) is 0 Å². The van der Waals surface area contributed by atoms with Gasteiger partial charge in [0.25, 0.3) is 0 Å². The molecule has 0 saturated heterocycles. The van der Waals surface area contributed by atoms with Crippen molar-refractivity contribution in [2.45, 2.75) is 30.6 Å². The van der Waals surface area contributed by atoms with Crippen LogP contribution in [0.15, 0.2) is 59.6 Å². The van der Waals surface area contributed by atoms with Crippen molar-refractivity contribution in [3.8, 4) is 5.75 Å². The SMILES string of the molecule is COc1ccc(CC(Cl)(Cl)C(=NC(C)C)c2ccccc2)cc1. The molecule has 0 aliphatic carbocycles. The van der Waals surface area contributed by atoms with Gasteiger partial charge in [0.15, 0.2) is 4.33 Å². The van der Waals surface area contributed by atoms with Crippen molar-refractivity contribution in [3.63, 3.8) is 0 Å². The molecule has 0 fully saturated rings. The third-order valence-electron chi connectivity index (χ3n) is 3.37. The summed E-state index contributed by atoms with van der Waals surface area (Å²) in [4.78, 5) is 4.68. The molecular weight excluding hydrogens is 329 g/mol. The maximum absolute atomic E-state index is 6.69. The van der Waals surface area contributed by atoms with Gasteiger partial charge in [0.1, 0.15) is 5.75 Å². The molecule has 4 heteroatoms. The minimum Gasteiger partial charge on any atom is -0.497 e. The van der Waals surface area contributed by atoms with E-state index in [1.807, 2.05) is 68.4 Å². The maximum atomic E-state index is 6.69. The van der Waals surface area contributed by atoms with Crippen molar-refractivity contribution in [1.82, 2.24) is 0 Å². The summed E-state index contributed by atoms with van der Waals surface area (Å²) in [6, 6.07) is 17.7. The summed E-state index contributed by atoms with van der Waals surface area (Å²) in [6.45, 7) is 4.03. The molecule has 0 aromatic heterocycles. The van der Waals surface area contributed by atoms with Crippen LogP contribution >= 0.6 is 23.2 Å². The average Bonchev–Trinajstić information content (AvgIpc) is 2.53. The van der Waals surface area contributed by atoms with Crippen molar-refractivity contribution < 1.29 is 4.74 Å². The van der Waals surface area contributed by atoms with Gasteiger partial charge < -0.3 is 4.74 Å². The second kappa shape index (κ2) is 7.85. The lowest BCUT2D eigenvalue weighted by molar-refractivity contribution is 0.414. The number of halogens is 2. The van der Waals surface area contributed by atoms with Gasteiger partial charge in [-0.05, 0) is 37.1 Å². The molecule has 122 valence electrons. The molecule has 0 bridgehead atoms. The van der Waals surface area contributed by atoms with Gasteiger partial charge >= 0.3 is 0 Å². The van der Waals surface area contributed by atoms with Crippen molar-refractivity contribution >= 4 is 28.9 Å². The third-order valence-corrected chi connectivity index (χ3v) is 3.99. The Labute approximate surface area is 148 Å². The fourth-order valence-corrected chi connectivity index (χ4v) is 2.94. The summed E-state index contributed by atoms with van der Waals surface area (Å²) < 4.78 is 4.08. The number of alkyl halides is 2. The van der Waals surface area contributed by atoms with Crippen LogP contribution in [-0.4, -0.2) is 23.2 Å². The zero-order valence-corrected chi connectivity index (χ0v) is 15.1. The lowest BCUT2D eigenvalue weighted by Gasteiger charge is -2.23. The Morgan fingerprint density at radius 1 is 1.04 bits per heavy atom. The standard InChI is InChI=1S/C19H21Cl2NO/c1-14(2)22-18(16-7-5-4-6-8-16)19(20,21)13-15-9-11-17(23-3)12-10-15/h4-12,14H,13H2,1-3H3. The van der Waals surface area contributed by atoms with Gasteiger partial charge in [0.05, 0.1) is 12.8 Å². The highest BCUT2D eigenvalue weighted by atomic mass is 35.5. The van der Waals surface area contributed by atoms with Gasteiger partial charge in [-0.2, -0.15) is 0 Å². The topological polar surface area (TPSA) is 21.6 Å². The molecule has 0 atom stereocenters. The van der Waals surface area contributed by atoms with Gasteiger partial charge in [-0.3, -0.25) is 4.99 Å². The average molecular weight is 350 g/mol. The van der Waals surface area contributed by atoms with Crippen LogP contribution in [0.25, 0.3) is 0 Å². The number of methoxy groups -OCH3 is 1. The molecule has 0 aliphatic heterocycles. The molecule has 23 heavy (non-hydrogen) atoms. The van der Waals surface area contributed by atoms with Crippen LogP contribution in [-0.2, 0) is 6.42 Å². The van der Waals surface area contributed by atoms with Crippen molar-refractivity contribution in [1.29, 1.82) is 0 Å². The van der Waals surface area contributed by atoms with Gasteiger partial charge in [0, 0.05) is 12.5 Å². The van der Waals surface area contributed by atoms with E-state index in [1.54, 1.807) is 7.11 Å². The minimum absolute atomic E-state index is 0.109. The zero-order chi connectivity index (χ0) is 16.9. The number of ether oxygens (including phenoxy) is 1. The fourth-order valence-electron chi connectivity index (χ4n) is 2.32. The van der Waals surface area contributed by atoms with E-state index in [9.17, 15) is 0 Å². The van der Waals surface area contributed by atoms with E-state index < -0.39 is 4.33 Å². The normalized spacial score (nSPS) is 12.5. The smallest absolute Gasteiger partial charge is 0.163 e. The first-order valence-electron chi connectivity index (χ1n) is 7.57. The van der Waals surface area contributed by atoms with Gasteiger partial charge in [0.2, 0.25) is 0 Å². The van der Waals surface area contributed by atoms with Crippen LogP contribution in [0.5, 0.6) is 5.75 Å². The molecule has 0 radical (unpaired) electrons. The number of rotatable bonds is 6. The van der Waals surface area contributed by atoms with E-state index in [2.05, 4.69) is 4.99 Å². The molecule has 2 aromatic carbocycles. The lowest BCUT2D eigenvalue weighted by Crippen LogP contribution is -2.30. The molecule has 0 saturated carbocycles. The van der Waals surface area contributed by atoms with Gasteiger partial charge in [-0.15, -0.1) is 0 Å². The van der Waals surface area contributed by atoms with Crippen LogP contribution in [0.4, 0.5) is 0 Å². The Morgan fingerprint density at radius 3 is 2.17 bits per heavy atom. The highest BCUT2D eigenvalue weighted by Gasteiger charge is 2.32. The molecule has 0 amide bonds. The Balaban J connectivity index is 2.32. The van der Waals surface area contributed by atoms with Crippen molar-refractivity contribution in [2.24, 2.45) is 4.99 Å². The van der Waals surface area contributed by atoms with Crippen LogP contribution in [0, 0.1) is 0 Å². The lowest BCUT2D eigenvalue weighted by atomic mass is 10.0. The van der Waals surface area contributed by atoms with Gasteiger partial charge in [-0.25, -0.2) is 0 Å². The largest absolute Gasteiger partial charge is 0.497 e. The highest BCUT2D eigenvalue weighted by molar-refractivity contribution is 6.60. The zero-order valence-electron chi connectivity index (χ0n) is 13.6. The van der Waals surface area contributed by atoms with Crippen LogP contribution < -0.4 is 4.74 Å². The quantitative estimate of drug-likeness (QED) is 0.511. The molecule has 2 rings (SSSR count). The predicted molar refractivity (Wildman–Crippen MR) is 99.3 cm³/mol. The Bertz CT molecular complexity index is 649. The minimum atomic E-state index is -1.10. The van der Waals surface area contributed by atoms with Crippen molar-refractivity contribution in [2.75, 3.05) is 7.11 Å².